The van der Waals surface area contributed by atoms with Crippen LogP contribution < -0.4 is 10.9 Å². The van der Waals surface area contributed by atoms with Crippen LogP contribution in [0.1, 0.15) is 43.5 Å². The molecule has 0 spiro atoms. The fraction of sp³-hybridized carbons (Fsp3) is 0.423. The van der Waals surface area contributed by atoms with Crippen LogP contribution in [0.2, 0.25) is 0 Å². The van der Waals surface area contributed by atoms with Gasteiger partial charge in [0, 0.05) is 47.7 Å². The SMILES string of the molecule is Cc1cn2cc(-c3cc4ccc(NC5C[C@H]6CCC[C@@H](C5)N6C)cc4oc3=O)nc2c(C)n1. The van der Waals surface area contributed by atoms with Gasteiger partial charge in [-0.3, -0.25) is 4.98 Å². The number of nitrogens with zero attached hydrogens (tertiary/aromatic N) is 4. The number of imidazole rings is 1. The number of aryl methyl sites for hydroxylation is 2. The normalized spacial score (nSPS) is 23.3. The monoisotopic (exact) mass is 443 g/mol. The maximum Gasteiger partial charge on any atom is 0.345 e. The molecule has 7 nitrogen and oxygen atoms in total. The smallest absolute Gasteiger partial charge is 0.345 e. The zero-order chi connectivity index (χ0) is 22.7. The van der Waals surface area contributed by atoms with Crippen LogP contribution in [-0.4, -0.2) is 44.4 Å². The minimum absolute atomic E-state index is 0.376. The van der Waals surface area contributed by atoms with Crippen molar-refractivity contribution in [3.63, 3.8) is 0 Å². The summed E-state index contributed by atoms with van der Waals surface area (Å²) in [4.78, 5) is 24.6. The standard InChI is InChI=1S/C26H29N5O2/c1-15-13-31-14-23(29-25(31)16(2)27-15)22-9-17-7-8-18(12-24(17)33-26(22)32)28-19-10-20-5-4-6-21(11-19)30(20)3/h7-9,12-14,19-21,28H,4-6,10-11H2,1-3H3/t19?,20-,21+. The number of fused-ring (bicyclic) bond motifs is 4. The van der Waals surface area contributed by atoms with Gasteiger partial charge in [0.1, 0.15) is 5.58 Å². The van der Waals surface area contributed by atoms with Crippen molar-refractivity contribution < 1.29 is 4.42 Å². The third-order valence-electron chi connectivity index (χ3n) is 7.45. The number of nitrogens with one attached hydrogen (secondary N) is 1. The zero-order valence-electron chi connectivity index (χ0n) is 19.3. The molecule has 6 rings (SSSR count). The van der Waals surface area contributed by atoms with Gasteiger partial charge in [0.2, 0.25) is 0 Å². The molecular formula is C26H29N5O2. The van der Waals surface area contributed by atoms with Crippen LogP contribution in [0.25, 0.3) is 27.9 Å². The number of anilines is 1. The predicted molar refractivity (Wildman–Crippen MR) is 130 cm³/mol. The van der Waals surface area contributed by atoms with Crippen LogP contribution >= 0.6 is 0 Å². The first-order valence-electron chi connectivity index (χ1n) is 11.8. The van der Waals surface area contributed by atoms with Crippen LogP contribution in [0.15, 0.2) is 45.9 Å². The summed E-state index contributed by atoms with van der Waals surface area (Å²) in [5.74, 6) is 0. The average Bonchev–Trinajstić information content (AvgIpc) is 3.18. The van der Waals surface area contributed by atoms with Crippen molar-refractivity contribution in [1.29, 1.82) is 0 Å². The van der Waals surface area contributed by atoms with E-state index in [0.717, 1.165) is 41.0 Å². The molecule has 1 unspecified atom stereocenters. The lowest BCUT2D eigenvalue weighted by atomic mass is 9.82. The second-order valence-corrected chi connectivity index (χ2v) is 9.74. The van der Waals surface area contributed by atoms with Gasteiger partial charge >= 0.3 is 5.63 Å². The number of hydrogen-bond acceptors (Lipinski definition) is 6. The van der Waals surface area contributed by atoms with Crippen molar-refractivity contribution >= 4 is 22.3 Å². The summed E-state index contributed by atoms with van der Waals surface area (Å²) in [5, 5.41) is 4.59. The first-order valence-corrected chi connectivity index (χ1v) is 11.8. The Morgan fingerprint density at radius 2 is 1.85 bits per heavy atom. The molecule has 0 saturated carbocycles. The molecule has 5 heterocycles. The number of piperidine rings is 2. The average molecular weight is 444 g/mol. The molecule has 4 aromatic rings. The van der Waals surface area contributed by atoms with Gasteiger partial charge < -0.3 is 19.0 Å². The number of hydrogen-bond donors (Lipinski definition) is 1. The summed E-state index contributed by atoms with van der Waals surface area (Å²) in [5.41, 5.74) is 4.78. The molecular weight excluding hydrogens is 414 g/mol. The Bertz CT molecular complexity index is 1410. The Balaban J connectivity index is 1.30. The highest BCUT2D eigenvalue weighted by Crippen LogP contribution is 2.34. The van der Waals surface area contributed by atoms with Crippen LogP contribution in [-0.2, 0) is 0 Å². The van der Waals surface area contributed by atoms with E-state index in [4.69, 9.17) is 4.42 Å². The molecule has 3 aromatic heterocycles. The van der Waals surface area contributed by atoms with Crippen LogP contribution in [0.4, 0.5) is 5.69 Å². The van der Waals surface area contributed by atoms with E-state index in [9.17, 15) is 4.79 Å². The summed E-state index contributed by atoms with van der Waals surface area (Å²) >= 11 is 0. The van der Waals surface area contributed by atoms with E-state index in [1.807, 2.05) is 48.8 Å². The van der Waals surface area contributed by atoms with E-state index in [0.29, 0.717) is 35.0 Å². The zero-order valence-corrected chi connectivity index (χ0v) is 19.3. The lowest BCUT2D eigenvalue weighted by Gasteiger charge is -2.47. The lowest BCUT2D eigenvalue weighted by molar-refractivity contribution is 0.0608. The Labute approximate surface area is 192 Å². The van der Waals surface area contributed by atoms with Gasteiger partial charge in [-0.05, 0) is 64.8 Å². The third kappa shape index (κ3) is 3.60. The highest BCUT2D eigenvalue weighted by Gasteiger charge is 2.35. The first kappa shape index (κ1) is 20.4. The van der Waals surface area contributed by atoms with Crippen molar-refractivity contribution in [1.82, 2.24) is 19.3 Å². The lowest BCUT2D eigenvalue weighted by Crippen LogP contribution is -2.52. The quantitative estimate of drug-likeness (QED) is 0.468. The Kier molecular flexibility index (Phi) is 4.76. The number of aromatic nitrogens is 3. The molecule has 0 aliphatic carbocycles. The number of benzene rings is 1. The van der Waals surface area contributed by atoms with E-state index in [2.05, 4.69) is 33.3 Å². The van der Waals surface area contributed by atoms with Crippen LogP contribution in [0, 0.1) is 13.8 Å². The van der Waals surface area contributed by atoms with E-state index < -0.39 is 0 Å². The Morgan fingerprint density at radius 1 is 1.06 bits per heavy atom. The molecule has 1 N–H and O–H groups in total. The van der Waals surface area contributed by atoms with E-state index in [1.54, 1.807) is 0 Å². The summed E-state index contributed by atoms with van der Waals surface area (Å²) < 4.78 is 7.67. The molecule has 1 aromatic carbocycles. The summed E-state index contributed by atoms with van der Waals surface area (Å²) in [6, 6.07) is 9.73. The molecule has 3 atom stereocenters. The van der Waals surface area contributed by atoms with Crippen LogP contribution in [0.3, 0.4) is 0 Å². The van der Waals surface area contributed by atoms with Gasteiger partial charge in [-0.1, -0.05) is 6.42 Å². The maximum atomic E-state index is 12.9. The van der Waals surface area contributed by atoms with Gasteiger partial charge in [-0.25, -0.2) is 9.78 Å². The summed E-state index contributed by atoms with van der Waals surface area (Å²) in [6.07, 6.45) is 10.0. The van der Waals surface area contributed by atoms with Crippen molar-refractivity contribution in [2.24, 2.45) is 0 Å². The van der Waals surface area contributed by atoms with Gasteiger partial charge in [0.25, 0.3) is 0 Å². The first-order chi connectivity index (χ1) is 15.9. The molecule has 2 saturated heterocycles. The second-order valence-electron chi connectivity index (χ2n) is 9.74. The maximum absolute atomic E-state index is 12.9. The summed E-state index contributed by atoms with van der Waals surface area (Å²) in [7, 11) is 2.27. The van der Waals surface area contributed by atoms with Crippen molar-refractivity contribution in [2.45, 2.75) is 64.1 Å². The second kappa shape index (κ2) is 7.70. The highest BCUT2D eigenvalue weighted by molar-refractivity contribution is 5.84. The van der Waals surface area contributed by atoms with Crippen molar-refractivity contribution in [2.75, 3.05) is 12.4 Å². The molecule has 2 aliphatic rings. The van der Waals surface area contributed by atoms with Crippen molar-refractivity contribution in [3.8, 4) is 11.3 Å². The van der Waals surface area contributed by atoms with Gasteiger partial charge in [-0.15, -0.1) is 0 Å². The van der Waals surface area contributed by atoms with E-state index in [-0.39, 0.29) is 5.63 Å². The number of rotatable bonds is 3. The highest BCUT2D eigenvalue weighted by atomic mass is 16.4. The van der Waals surface area contributed by atoms with Crippen molar-refractivity contribution in [3.05, 3.63) is 58.5 Å². The summed E-state index contributed by atoms with van der Waals surface area (Å²) in [6.45, 7) is 3.87. The molecule has 33 heavy (non-hydrogen) atoms. The molecule has 2 aliphatic heterocycles. The predicted octanol–water partition coefficient (Wildman–Crippen LogP) is 4.55. The Morgan fingerprint density at radius 3 is 2.64 bits per heavy atom. The van der Waals surface area contributed by atoms with E-state index in [1.165, 1.54) is 19.3 Å². The van der Waals surface area contributed by atoms with Gasteiger partial charge in [0.05, 0.1) is 22.6 Å². The van der Waals surface area contributed by atoms with Gasteiger partial charge in [-0.2, -0.15) is 0 Å². The molecule has 2 fully saturated rings. The van der Waals surface area contributed by atoms with E-state index >= 15 is 0 Å². The molecule has 2 bridgehead atoms. The fourth-order valence-electron chi connectivity index (χ4n) is 5.78. The van der Waals surface area contributed by atoms with Crippen LogP contribution in [0.5, 0.6) is 0 Å². The molecule has 0 amide bonds. The Hall–Kier alpha value is -3.19. The molecule has 7 heteroatoms. The minimum Gasteiger partial charge on any atom is -0.422 e. The minimum atomic E-state index is -0.376. The largest absolute Gasteiger partial charge is 0.422 e. The molecule has 170 valence electrons. The topological polar surface area (TPSA) is 75.7 Å². The molecule has 0 radical (unpaired) electrons. The third-order valence-corrected chi connectivity index (χ3v) is 7.45. The van der Waals surface area contributed by atoms with Gasteiger partial charge in [0.15, 0.2) is 5.65 Å². The fourth-order valence-corrected chi connectivity index (χ4v) is 5.78.